The number of anilines is 1. The van der Waals surface area contributed by atoms with Crippen LogP contribution in [-0.2, 0) is 17.6 Å². The van der Waals surface area contributed by atoms with E-state index in [9.17, 15) is 4.79 Å². The van der Waals surface area contributed by atoms with Crippen molar-refractivity contribution in [2.24, 2.45) is 10.4 Å². The molecule has 35 heavy (non-hydrogen) atoms. The van der Waals surface area contributed by atoms with E-state index in [0.717, 1.165) is 31.4 Å². The molecule has 0 radical (unpaired) electrons. The number of nitrogens with one attached hydrogen (secondary N) is 1. The fourth-order valence-corrected chi connectivity index (χ4v) is 4.38. The highest BCUT2D eigenvalue weighted by Gasteiger charge is 2.36. The van der Waals surface area contributed by atoms with E-state index < -0.39 is 0 Å². The Kier molecular flexibility index (Phi) is 7.98. The quantitative estimate of drug-likeness (QED) is 0.428. The van der Waals surface area contributed by atoms with Crippen molar-refractivity contribution in [3.8, 4) is 5.75 Å². The third-order valence-corrected chi connectivity index (χ3v) is 6.14. The summed E-state index contributed by atoms with van der Waals surface area (Å²) in [4.78, 5) is 11.8. The second-order valence-corrected chi connectivity index (χ2v) is 8.88. The number of amides is 1. The topological polar surface area (TPSA) is 69.5 Å². The predicted octanol–water partition coefficient (Wildman–Crippen LogP) is 5.43. The molecule has 0 saturated carbocycles. The lowest BCUT2D eigenvalue weighted by atomic mass is 10.0. The number of rotatable bonds is 10. The second-order valence-electron chi connectivity index (χ2n) is 8.88. The molecule has 0 aliphatic carbocycles. The maximum atomic E-state index is 11.8. The van der Waals surface area contributed by atoms with Crippen LogP contribution in [0.2, 0.25) is 0 Å². The van der Waals surface area contributed by atoms with Gasteiger partial charge in [0, 0.05) is 20.5 Å². The van der Waals surface area contributed by atoms with Crippen LogP contribution in [0.5, 0.6) is 5.75 Å². The second kappa shape index (κ2) is 11.5. The summed E-state index contributed by atoms with van der Waals surface area (Å²) in [5.41, 5.74) is 4.14. The summed E-state index contributed by atoms with van der Waals surface area (Å²) in [5.74, 6) is 0.554. The highest BCUT2D eigenvalue weighted by Crippen LogP contribution is 2.33. The number of aryl methyl sites for hydroxylation is 2. The molecule has 3 aromatic carbocycles. The van der Waals surface area contributed by atoms with Gasteiger partial charge in [-0.3, -0.25) is 9.80 Å². The van der Waals surface area contributed by atoms with E-state index in [2.05, 4.69) is 64.3 Å². The average molecular weight is 472 g/mol. The molecule has 4 rings (SSSR count). The maximum Gasteiger partial charge on any atom is 0.221 e. The predicted molar refractivity (Wildman–Crippen MR) is 138 cm³/mol. The van der Waals surface area contributed by atoms with Gasteiger partial charge in [-0.1, -0.05) is 83.2 Å². The summed E-state index contributed by atoms with van der Waals surface area (Å²) in [6.45, 7) is 4.22. The Labute approximate surface area is 207 Å². The first-order chi connectivity index (χ1) is 17.0. The van der Waals surface area contributed by atoms with Crippen molar-refractivity contribution in [2.45, 2.75) is 45.4 Å². The van der Waals surface area contributed by atoms with Gasteiger partial charge in [0.1, 0.15) is 11.9 Å². The first-order valence-electron chi connectivity index (χ1n) is 12.0. The Morgan fingerprint density at radius 1 is 0.943 bits per heavy atom. The van der Waals surface area contributed by atoms with Gasteiger partial charge in [0.2, 0.25) is 5.91 Å². The SMILES string of the molecule is CC(=O)Nc1cccc(C)c1OC(CCc1ccccc1)C1N(C)N=NN1CCc1ccccc1. The number of nitrogens with zero attached hydrogens (tertiary/aromatic N) is 4. The van der Waals surface area contributed by atoms with Crippen LogP contribution in [0.15, 0.2) is 89.3 Å². The number of carbonyl (C=O) groups is 1. The van der Waals surface area contributed by atoms with Gasteiger partial charge < -0.3 is 10.1 Å². The van der Waals surface area contributed by atoms with Gasteiger partial charge in [-0.15, -0.1) is 0 Å². The monoisotopic (exact) mass is 471 g/mol. The van der Waals surface area contributed by atoms with Crippen molar-refractivity contribution >= 4 is 11.6 Å². The van der Waals surface area contributed by atoms with Crippen LogP contribution in [0.4, 0.5) is 5.69 Å². The smallest absolute Gasteiger partial charge is 0.221 e. The lowest BCUT2D eigenvalue weighted by Gasteiger charge is -2.34. The van der Waals surface area contributed by atoms with Crippen LogP contribution in [0, 0.1) is 6.92 Å². The first-order valence-corrected chi connectivity index (χ1v) is 12.0. The molecule has 182 valence electrons. The summed E-state index contributed by atoms with van der Waals surface area (Å²) in [7, 11) is 1.93. The zero-order valence-corrected chi connectivity index (χ0v) is 20.6. The van der Waals surface area contributed by atoms with E-state index in [4.69, 9.17) is 4.74 Å². The Morgan fingerprint density at radius 2 is 1.60 bits per heavy atom. The van der Waals surface area contributed by atoms with Gasteiger partial charge in [0.05, 0.1) is 5.69 Å². The van der Waals surface area contributed by atoms with Gasteiger partial charge in [0.15, 0.2) is 6.17 Å². The van der Waals surface area contributed by atoms with E-state index in [1.165, 1.54) is 18.1 Å². The lowest BCUT2D eigenvalue weighted by molar-refractivity contribution is -0.114. The summed E-state index contributed by atoms with van der Waals surface area (Å²) in [6.07, 6.45) is 2.06. The molecule has 0 fully saturated rings. The number of likely N-dealkylation sites (N-methyl/N-ethyl adjacent to an activating group) is 1. The average Bonchev–Trinajstić information content (AvgIpc) is 3.23. The number of benzene rings is 3. The van der Waals surface area contributed by atoms with Crippen LogP contribution in [-0.4, -0.2) is 41.8 Å². The molecule has 0 spiro atoms. The van der Waals surface area contributed by atoms with Crippen LogP contribution >= 0.6 is 0 Å². The Balaban J connectivity index is 1.59. The number of hydrogen-bond acceptors (Lipinski definition) is 6. The maximum absolute atomic E-state index is 11.8. The van der Waals surface area contributed by atoms with Gasteiger partial charge in [-0.2, -0.15) is 0 Å². The summed E-state index contributed by atoms with van der Waals surface area (Å²) < 4.78 is 6.72. The van der Waals surface area contributed by atoms with E-state index in [-0.39, 0.29) is 18.2 Å². The summed E-state index contributed by atoms with van der Waals surface area (Å²) in [6, 6.07) is 26.6. The zero-order chi connectivity index (χ0) is 24.6. The molecule has 0 saturated heterocycles. The Bertz CT molecular complexity index is 1140. The molecule has 0 aromatic heterocycles. The third kappa shape index (κ3) is 6.38. The van der Waals surface area contributed by atoms with Crippen LogP contribution in [0.3, 0.4) is 0 Å². The van der Waals surface area contributed by atoms with Crippen molar-refractivity contribution < 1.29 is 9.53 Å². The molecule has 1 heterocycles. The molecule has 1 N–H and O–H groups in total. The molecule has 2 atom stereocenters. The van der Waals surface area contributed by atoms with Crippen molar-refractivity contribution in [3.63, 3.8) is 0 Å². The summed E-state index contributed by atoms with van der Waals surface area (Å²) >= 11 is 0. The van der Waals surface area contributed by atoms with Crippen LogP contribution in [0.1, 0.15) is 30.0 Å². The minimum Gasteiger partial charge on any atom is -0.484 e. The normalized spacial score (nSPS) is 15.8. The van der Waals surface area contributed by atoms with E-state index >= 15 is 0 Å². The number of carbonyl (C=O) groups excluding carboxylic acids is 1. The zero-order valence-electron chi connectivity index (χ0n) is 20.6. The van der Waals surface area contributed by atoms with Crippen molar-refractivity contribution in [1.82, 2.24) is 10.0 Å². The number of ether oxygens (including phenoxy) is 1. The molecule has 3 aromatic rings. The molecule has 1 aliphatic heterocycles. The standard InChI is InChI=1S/C28H33N5O2/c1-21-11-10-16-25(29-22(2)34)27(21)35-26(18-17-23-12-6-4-7-13-23)28-32(3)30-31-33(28)20-19-24-14-8-5-9-15-24/h4-16,26,28H,17-20H2,1-3H3,(H,29,34). The summed E-state index contributed by atoms with van der Waals surface area (Å²) in [5, 5.41) is 15.6. The molecule has 1 aliphatic rings. The molecule has 0 bridgehead atoms. The Hall–Kier alpha value is -3.87. The van der Waals surface area contributed by atoms with Crippen LogP contribution < -0.4 is 10.1 Å². The van der Waals surface area contributed by atoms with E-state index in [1.807, 2.05) is 54.3 Å². The largest absolute Gasteiger partial charge is 0.484 e. The molecule has 1 amide bonds. The fourth-order valence-electron chi connectivity index (χ4n) is 4.38. The first kappa shape index (κ1) is 24.3. The van der Waals surface area contributed by atoms with Gasteiger partial charge in [-0.05, 0) is 48.9 Å². The Morgan fingerprint density at radius 3 is 2.26 bits per heavy atom. The van der Waals surface area contributed by atoms with Gasteiger partial charge >= 0.3 is 0 Å². The minimum absolute atomic E-state index is 0.131. The third-order valence-electron chi connectivity index (χ3n) is 6.14. The molecular formula is C28H33N5O2. The minimum atomic E-state index is -0.236. The number of hydrogen-bond donors (Lipinski definition) is 1. The molecule has 7 heteroatoms. The van der Waals surface area contributed by atoms with Gasteiger partial charge in [0.25, 0.3) is 0 Å². The highest BCUT2D eigenvalue weighted by molar-refractivity contribution is 5.90. The number of para-hydroxylation sites is 1. The molecular weight excluding hydrogens is 438 g/mol. The van der Waals surface area contributed by atoms with Gasteiger partial charge in [-0.25, -0.2) is 5.01 Å². The van der Waals surface area contributed by atoms with Crippen molar-refractivity contribution in [2.75, 3.05) is 18.9 Å². The van der Waals surface area contributed by atoms with Crippen molar-refractivity contribution in [1.29, 1.82) is 0 Å². The van der Waals surface area contributed by atoms with E-state index in [0.29, 0.717) is 11.4 Å². The molecule has 2 unspecified atom stereocenters. The lowest BCUT2D eigenvalue weighted by Crippen LogP contribution is -2.49. The van der Waals surface area contributed by atoms with Crippen molar-refractivity contribution in [3.05, 3.63) is 95.6 Å². The molecule has 7 nitrogen and oxygen atoms in total. The highest BCUT2D eigenvalue weighted by atomic mass is 16.5. The van der Waals surface area contributed by atoms with Crippen LogP contribution in [0.25, 0.3) is 0 Å². The fraction of sp³-hybridized carbons (Fsp3) is 0.321. The van der Waals surface area contributed by atoms with E-state index in [1.54, 1.807) is 0 Å².